The van der Waals surface area contributed by atoms with Gasteiger partial charge in [0.25, 0.3) is 0 Å². The highest BCUT2D eigenvalue weighted by atomic mass is 32.2. The fourth-order valence-electron chi connectivity index (χ4n) is 3.53. The van der Waals surface area contributed by atoms with E-state index in [4.69, 9.17) is 4.74 Å². The monoisotopic (exact) mass is 409 g/mol. The molecule has 2 aliphatic rings. The number of morpholine rings is 1. The minimum Gasteiger partial charge on any atom is -0.379 e. The number of benzene rings is 1. The van der Waals surface area contributed by atoms with Crippen molar-refractivity contribution in [2.24, 2.45) is 4.99 Å². The Balaban J connectivity index is 1.48. The lowest BCUT2D eigenvalue weighted by atomic mass is 10.1. The maximum absolute atomic E-state index is 11.9. The second-order valence-electron chi connectivity index (χ2n) is 7.08. The van der Waals surface area contributed by atoms with E-state index in [-0.39, 0.29) is 5.75 Å². The van der Waals surface area contributed by atoms with Crippen LogP contribution < -0.4 is 10.6 Å². The zero-order chi connectivity index (χ0) is 19.8. The Morgan fingerprint density at radius 3 is 2.57 bits per heavy atom. The summed E-state index contributed by atoms with van der Waals surface area (Å²) < 4.78 is 30.7. The van der Waals surface area contributed by atoms with Crippen molar-refractivity contribution in [1.82, 2.24) is 19.8 Å². The number of sulfonamides is 1. The summed E-state index contributed by atoms with van der Waals surface area (Å²) >= 11 is 0. The molecule has 0 bridgehead atoms. The van der Waals surface area contributed by atoms with Gasteiger partial charge in [-0.1, -0.05) is 24.3 Å². The Bertz CT molecular complexity index is 763. The molecule has 0 radical (unpaired) electrons. The van der Waals surface area contributed by atoms with Crippen LogP contribution in [0.5, 0.6) is 0 Å². The molecule has 0 amide bonds. The second-order valence-corrected chi connectivity index (χ2v) is 9.17. The fourth-order valence-corrected chi connectivity index (χ4v) is 5.05. The molecule has 8 nitrogen and oxygen atoms in total. The number of ether oxygens (including phenoxy) is 1. The van der Waals surface area contributed by atoms with Gasteiger partial charge in [-0.2, -0.15) is 0 Å². The Morgan fingerprint density at radius 1 is 1.14 bits per heavy atom. The summed E-state index contributed by atoms with van der Waals surface area (Å²) in [5.41, 5.74) is 2.54. The smallest absolute Gasteiger partial charge is 0.214 e. The Hall–Kier alpha value is -1.68. The van der Waals surface area contributed by atoms with Gasteiger partial charge >= 0.3 is 0 Å². The van der Waals surface area contributed by atoms with E-state index in [0.717, 1.165) is 39.3 Å². The molecule has 0 atom stereocenters. The van der Waals surface area contributed by atoms with Crippen LogP contribution in [0, 0.1) is 0 Å². The van der Waals surface area contributed by atoms with Gasteiger partial charge in [-0.15, -0.1) is 0 Å². The van der Waals surface area contributed by atoms with Gasteiger partial charge in [-0.05, 0) is 17.5 Å². The van der Waals surface area contributed by atoms with Gasteiger partial charge in [0.15, 0.2) is 5.96 Å². The van der Waals surface area contributed by atoms with Crippen LogP contribution in [0.3, 0.4) is 0 Å². The Morgan fingerprint density at radius 2 is 1.89 bits per heavy atom. The first-order valence-electron chi connectivity index (χ1n) is 9.88. The summed E-state index contributed by atoms with van der Waals surface area (Å²) in [5, 5.41) is 6.55. The average Bonchev–Trinajstić information content (AvgIpc) is 3.04. The summed E-state index contributed by atoms with van der Waals surface area (Å²) in [6.07, 6.45) is 0.717. The molecule has 0 unspecified atom stereocenters. The van der Waals surface area contributed by atoms with E-state index in [9.17, 15) is 8.42 Å². The maximum Gasteiger partial charge on any atom is 0.214 e. The number of nitrogens with zero attached hydrogens (tertiary/aromatic N) is 3. The highest BCUT2D eigenvalue weighted by Crippen LogP contribution is 2.13. The molecule has 1 aromatic rings. The van der Waals surface area contributed by atoms with Crippen molar-refractivity contribution < 1.29 is 13.2 Å². The van der Waals surface area contributed by atoms with Crippen LogP contribution >= 0.6 is 0 Å². The van der Waals surface area contributed by atoms with Gasteiger partial charge in [-0.25, -0.2) is 12.7 Å². The van der Waals surface area contributed by atoms with Crippen LogP contribution in [0.2, 0.25) is 0 Å². The molecule has 0 spiro atoms. The minimum absolute atomic E-state index is 0.264. The van der Waals surface area contributed by atoms with E-state index < -0.39 is 10.0 Å². The molecule has 1 aromatic carbocycles. The van der Waals surface area contributed by atoms with Crippen LogP contribution in [0.1, 0.15) is 17.5 Å². The summed E-state index contributed by atoms with van der Waals surface area (Å²) in [6.45, 7) is 6.72. The lowest BCUT2D eigenvalue weighted by Crippen LogP contribution is -2.41. The van der Waals surface area contributed by atoms with E-state index in [1.54, 1.807) is 11.4 Å². The number of aliphatic imine (C=N–C) groups is 1. The summed E-state index contributed by atoms with van der Waals surface area (Å²) in [5.74, 6) is 0.942. The van der Waals surface area contributed by atoms with Crippen molar-refractivity contribution in [3.8, 4) is 0 Å². The molecule has 9 heteroatoms. The molecule has 0 aliphatic carbocycles. The molecule has 2 heterocycles. The van der Waals surface area contributed by atoms with Crippen LogP contribution in [-0.2, 0) is 27.8 Å². The lowest BCUT2D eigenvalue weighted by Gasteiger charge is -2.27. The van der Waals surface area contributed by atoms with Crippen molar-refractivity contribution in [3.63, 3.8) is 0 Å². The van der Waals surface area contributed by atoms with Crippen molar-refractivity contribution in [3.05, 3.63) is 35.4 Å². The number of hydrogen-bond acceptors (Lipinski definition) is 5. The van der Waals surface area contributed by atoms with Gasteiger partial charge in [0.2, 0.25) is 10.0 Å². The molecule has 2 fully saturated rings. The molecular formula is C19H31N5O3S. The van der Waals surface area contributed by atoms with E-state index >= 15 is 0 Å². The standard InChI is InChI=1S/C19H31N5O3S/c1-20-19(21-7-9-24-8-4-14-28(24,25)26)22-15-17-5-2-3-6-18(17)16-23-10-12-27-13-11-23/h2-3,5-6H,4,7-16H2,1H3,(H2,20,21,22). The van der Waals surface area contributed by atoms with Gasteiger partial charge < -0.3 is 15.4 Å². The second kappa shape index (κ2) is 10.2. The third kappa shape index (κ3) is 5.91. The zero-order valence-corrected chi connectivity index (χ0v) is 17.4. The predicted octanol–water partition coefficient (Wildman–Crippen LogP) is 0.219. The van der Waals surface area contributed by atoms with Gasteiger partial charge in [0, 0.05) is 52.9 Å². The molecular weight excluding hydrogens is 378 g/mol. The third-order valence-corrected chi connectivity index (χ3v) is 7.10. The molecule has 156 valence electrons. The SMILES string of the molecule is CN=C(NCCN1CCCS1(=O)=O)NCc1ccccc1CN1CCOCC1. The zero-order valence-electron chi connectivity index (χ0n) is 16.6. The van der Waals surface area contributed by atoms with E-state index in [1.807, 2.05) is 6.07 Å². The lowest BCUT2D eigenvalue weighted by molar-refractivity contribution is 0.0341. The largest absolute Gasteiger partial charge is 0.379 e. The summed E-state index contributed by atoms with van der Waals surface area (Å²) in [4.78, 5) is 6.66. The molecule has 0 saturated carbocycles. The van der Waals surface area contributed by atoms with Crippen LogP contribution in [-0.4, -0.2) is 82.3 Å². The first-order chi connectivity index (χ1) is 13.6. The van der Waals surface area contributed by atoms with Crippen LogP contribution in [0.4, 0.5) is 0 Å². The molecule has 3 rings (SSSR count). The molecule has 2 saturated heterocycles. The maximum atomic E-state index is 11.9. The topological polar surface area (TPSA) is 86.3 Å². The fraction of sp³-hybridized carbons (Fsp3) is 0.632. The van der Waals surface area contributed by atoms with Gasteiger partial charge in [0.1, 0.15) is 0 Å². The first-order valence-corrected chi connectivity index (χ1v) is 11.5. The summed E-state index contributed by atoms with van der Waals surface area (Å²) in [6, 6.07) is 8.42. The average molecular weight is 410 g/mol. The third-order valence-electron chi connectivity index (χ3n) is 5.14. The van der Waals surface area contributed by atoms with Crippen molar-refractivity contribution in [2.75, 3.05) is 58.7 Å². The Kier molecular flexibility index (Phi) is 7.66. The quantitative estimate of drug-likeness (QED) is 0.495. The van der Waals surface area contributed by atoms with Gasteiger partial charge in [0.05, 0.1) is 19.0 Å². The highest BCUT2D eigenvalue weighted by Gasteiger charge is 2.27. The van der Waals surface area contributed by atoms with Crippen molar-refractivity contribution >= 4 is 16.0 Å². The number of rotatable bonds is 7. The first kappa shape index (κ1) is 21.0. The molecule has 0 aromatic heterocycles. The number of nitrogens with one attached hydrogen (secondary N) is 2. The molecule has 2 aliphatic heterocycles. The number of hydrogen-bond donors (Lipinski definition) is 2. The van der Waals surface area contributed by atoms with Gasteiger partial charge in [-0.3, -0.25) is 9.89 Å². The van der Waals surface area contributed by atoms with Crippen LogP contribution in [0.25, 0.3) is 0 Å². The number of guanidine groups is 1. The predicted molar refractivity (Wildman–Crippen MR) is 111 cm³/mol. The van der Waals surface area contributed by atoms with Crippen LogP contribution in [0.15, 0.2) is 29.3 Å². The highest BCUT2D eigenvalue weighted by molar-refractivity contribution is 7.89. The Labute approximate surface area is 168 Å². The van der Waals surface area contributed by atoms with E-state index in [0.29, 0.717) is 32.1 Å². The van der Waals surface area contributed by atoms with E-state index in [2.05, 4.69) is 38.7 Å². The minimum atomic E-state index is -3.05. The van der Waals surface area contributed by atoms with E-state index in [1.165, 1.54) is 11.1 Å². The molecule has 2 N–H and O–H groups in total. The molecule has 28 heavy (non-hydrogen) atoms. The summed E-state index contributed by atoms with van der Waals surface area (Å²) in [7, 11) is -1.32. The normalized spacial score (nSPS) is 21.0. The van der Waals surface area contributed by atoms with Crippen molar-refractivity contribution in [2.45, 2.75) is 19.5 Å². The van der Waals surface area contributed by atoms with Crippen molar-refractivity contribution in [1.29, 1.82) is 0 Å².